The Labute approximate surface area is 170 Å². The van der Waals surface area contributed by atoms with E-state index in [0.717, 1.165) is 11.2 Å². The van der Waals surface area contributed by atoms with Crippen LogP contribution in [0.25, 0.3) is 5.65 Å². The van der Waals surface area contributed by atoms with Crippen LogP contribution >= 0.6 is 0 Å². The molecule has 1 aromatic carbocycles. The van der Waals surface area contributed by atoms with Crippen LogP contribution in [-0.2, 0) is 23.1 Å². The van der Waals surface area contributed by atoms with Gasteiger partial charge in [0.05, 0.1) is 5.75 Å². The van der Waals surface area contributed by atoms with Gasteiger partial charge in [-0.3, -0.25) is 4.40 Å². The molecule has 0 aliphatic rings. The van der Waals surface area contributed by atoms with E-state index in [2.05, 4.69) is 30.5 Å². The molecule has 10 heteroatoms. The highest BCUT2D eigenvalue weighted by molar-refractivity contribution is 7.89. The molecule has 0 fully saturated rings. The third-order valence-corrected chi connectivity index (χ3v) is 5.44. The van der Waals surface area contributed by atoms with Gasteiger partial charge in [-0.15, -0.1) is 10.2 Å². The first-order valence-electron chi connectivity index (χ1n) is 9.39. The average molecular weight is 416 g/mol. The smallest absolute Gasteiger partial charge is 0.213 e. The molecular formula is C19H25N7O2S. The summed E-state index contributed by atoms with van der Waals surface area (Å²) in [6.45, 7) is 3.43. The zero-order chi connectivity index (χ0) is 20.5. The Morgan fingerprint density at radius 1 is 1.07 bits per heavy atom. The van der Waals surface area contributed by atoms with Crippen molar-refractivity contribution in [3.05, 3.63) is 66.1 Å². The summed E-state index contributed by atoms with van der Waals surface area (Å²) >= 11 is 0. The highest BCUT2D eigenvalue weighted by atomic mass is 32.2. The van der Waals surface area contributed by atoms with Crippen LogP contribution in [0.15, 0.2) is 59.7 Å². The number of pyridine rings is 1. The van der Waals surface area contributed by atoms with Crippen LogP contribution in [0.1, 0.15) is 18.3 Å². The van der Waals surface area contributed by atoms with Gasteiger partial charge in [-0.05, 0) is 24.6 Å². The van der Waals surface area contributed by atoms with E-state index in [-0.39, 0.29) is 18.8 Å². The molecule has 0 unspecified atom stereocenters. The molecule has 0 bridgehead atoms. The maximum Gasteiger partial charge on any atom is 0.213 e. The second-order valence-electron chi connectivity index (χ2n) is 6.29. The summed E-state index contributed by atoms with van der Waals surface area (Å²) in [4.78, 5) is 4.48. The van der Waals surface area contributed by atoms with Crippen molar-refractivity contribution in [3.8, 4) is 0 Å². The summed E-state index contributed by atoms with van der Waals surface area (Å²) in [7, 11) is -3.40. The van der Waals surface area contributed by atoms with Crippen LogP contribution < -0.4 is 15.4 Å². The van der Waals surface area contributed by atoms with E-state index >= 15 is 0 Å². The zero-order valence-electron chi connectivity index (χ0n) is 16.2. The lowest BCUT2D eigenvalue weighted by Gasteiger charge is -2.12. The molecule has 0 aliphatic heterocycles. The van der Waals surface area contributed by atoms with Crippen LogP contribution in [0.5, 0.6) is 0 Å². The highest BCUT2D eigenvalue weighted by Crippen LogP contribution is 2.03. The fourth-order valence-electron chi connectivity index (χ4n) is 2.66. The molecular weight excluding hydrogens is 390 g/mol. The lowest BCUT2D eigenvalue weighted by atomic mass is 10.2. The number of fused-ring (bicyclic) bond motifs is 1. The summed E-state index contributed by atoms with van der Waals surface area (Å²) in [5.41, 5.74) is 1.67. The Morgan fingerprint density at radius 2 is 1.86 bits per heavy atom. The largest absolute Gasteiger partial charge is 0.357 e. The highest BCUT2D eigenvalue weighted by Gasteiger charge is 2.10. The predicted molar refractivity (Wildman–Crippen MR) is 113 cm³/mol. The van der Waals surface area contributed by atoms with Crippen molar-refractivity contribution in [1.82, 2.24) is 30.0 Å². The lowest BCUT2D eigenvalue weighted by molar-refractivity contribution is 0.580. The molecule has 154 valence electrons. The number of nitrogens with one attached hydrogen (secondary N) is 3. The van der Waals surface area contributed by atoms with E-state index in [1.165, 1.54) is 0 Å². The van der Waals surface area contributed by atoms with Gasteiger partial charge in [0.1, 0.15) is 6.54 Å². The van der Waals surface area contributed by atoms with Gasteiger partial charge < -0.3 is 10.6 Å². The third kappa shape index (κ3) is 6.26. The number of hydrogen-bond donors (Lipinski definition) is 3. The van der Waals surface area contributed by atoms with Crippen LogP contribution in [0.2, 0.25) is 0 Å². The molecule has 3 aromatic rings. The van der Waals surface area contributed by atoms with Gasteiger partial charge in [-0.2, -0.15) is 0 Å². The van der Waals surface area contributed by atoms with E-state index in [1.54, 1.807) is 0 Å². The van der Waals surface area contributed by atoms with Crippen molar-refractivity contribution in [3.63, 3.8) is 0 Å². The number of guanidine groups is 1. The minimum Gasteiger partial charge on any atom is -0.357 e. The van der Waals surface area contributed by atoms with Gasteiger partial charge in [-0.1, -0.05) is 36.4 Å². The van der Waals surface area contributed by atoms with Crippen molar-refractivity contribution in [2.75, 3.05) is 18.8 Å². The number of sulfonamides is 1. The minimum absolute atomic E-state index is 0.0574. The Balaban J connectivity index is 1.52. The molecule has 0 atom stereocenters. The zero-order valence-corrected chi connectivity index (χ0v) is 17.1. The van der Waals surface area contributed by atoms with Gasteiger partial charge in [-0.25, -0.2) is 18.1 Å². The van der Waals surface area contributed by atoms with E-state index < -0.39 is 10.0 Å². The summed E-state index contributed by atoms with van der Waals surface area (Å²) in [6.07, 6.45) is 1.88. The molecule has 3 N–H and O–H groups in total. The van der Waals surface area contributed by atoms with Crippen LogP contribution in [0.3, 0.4) is 0 Å². The molecule has 0 saturated heterocycles. The van der Waals surface area contributed by atoms with Gasteiger partial charge in [0, 0.05) is 25.8 Å². The van der Waals surface area contributed by atoms with Gasteiger partial charge >= 0.3 is 0 Å². The van der Waals surface area contributed by atoms with E-state index in [9.17, 15) is 8.42 Å². The van der Waals surface area contributed by atoms with Crippen molar-refractivity contribution in [2.24, 2.45) is 4.99 Å². The van der Waals surface area contributed by atoms with E-state index in [4.69, 9.17) is 0 Å². The molecule has 0 saturated carbocycles. The van der Waals surface area contributed by atoms with Gasteiger partial charge in [0.15, 0.2) is 17.4 Å². The van der Waals surface area contributed by atoms with E-state index in [1.807, 2.05) is 66.1 Å². The van der Waals surface area contributed by atoms with Crippen LogP contribution in [0.4, 0.5) is 0 Å². The maximum absolute atomic E-state index is 12.2. The second kappa shape index (κ2) is 9.99. The monoisotopic (exact) mass is 415 g/mol. The molecule has 0 radical (unpaired) electrons. The number of aromatic nitrogens is 3. The molecule has 29 heavy (non-hydrogen) atoms. The van der Waals surface area contributed by atoms with Crippen molar-refractivity contribution >= 4 is 21.6 Å². The van der Waals surface area contributed by atoms with Crippen LogP contribution in [-0.4, -0.2) is 47.8 Å². The molecule has 9 nitrogen and oxygen atoms in total. The molecule has 0 aliphatic carbocycles. The average Bonchev–Trinajstić information content (AvgIpc) is 3.14. The van der Waals surface area contributed by atoms with Crippen LogP contribution in [0, 0.1) is 0 Å². The summed E-state index contributed by atoms with van der Waals surface area (Å²) in [5.74, 6) is 1.17. The second-order valence-corrected chi connectivity index (χ2v) is 8.22. The number of nitrogens with zero attached hydrogens (tertiary/aromatic N) is 4. The summed E-state index contributed by atoms with van der Waals surface area (Å²) in [5, 5.41) is 14.4. The summed E-state index contributed by atoms with van der Waals surface area (Å²) in [6, 6.07) is 15.1. The molecule has 3 rings (SSSR count). The first kappa shape index (κ1) is 20.7. The van der Waals surface area contributed by atoms with Crippen molar-refractivity contribution in [2.45, 2.75) is 20.0 Å². The molecule has 2 heterocycles. The normalized spacial score (nSPS) is 12.2. The fraction of sp³-hybridized carbons (Fsp3) is 0.316. The van der Waals surface area contributed by atoms with Crippen molar-refractivity contribution < 1.29 is 8.42 Å². The number of aliphatic imine (C=N–C) groups is 1. The fourth-order valence-corrected chi connectivity index (χ4v) is 3.56. The molecule has 0 spiro atoms. The van der Waals surface area contributed by atoms with Gasteiger partial charge in [0.25, 0.3) is 0 Å². The Kier molecular flexibility index (Phi) is 7.14. The van der Waals surface area contributed by atoms with Crippen molar-refractivity contribution in [1.29, 1.82) is 0 Å². The standard InChI is InChI=1S/C19H25N7O2S/c1-2-20-19(22-15-18-25-24-17-10-6-7-12-26(17)18)21-11-13-29(27,28)23-14-16-8-4-3-5-9-16/h3-10,12,23H,2,11,13-15H2,1H3,(H2,20,21,22). The number of benzene rings is 1. The van der Waals surface area contributed by atoms with Gasteiger partial charge in [0.2, 0.25) is 10.0 Å². The molecule has 2 aromatic heterocycles. The minimum atomic E-state index is -3.40. The van der Waals surface area contributed by atoms with E-state index in [0.29, 0.717) is 24.9 Å². The Hall–Kier alpha value is -2.98. The lowest BCUT2D eigenvalue weighted by Crippen LogP contribution is -2.41. The number of rotatable bonds is 9. The Bertz CT molecular complexity index is 1050. The Morgan fingerprint density at radius 3 is 2.66 bits per heavy atom. The molecule has 0 amide bonds. The number of hydrogen-bond acceptors (Lipinski definition) is 5. The topological polar surface area (TPSA) is 113 Å². The first-order valence-corrected chi connectivity index (χ1v) is 11.0. The summed E-state index contributed by atoms with van der Waals surface area (Å²) < 4.78 is 28.9. The maximum atomic E-state index is 12.2. The first-order chi connectivity index (χ1) is 14.1. The quantitative estimate of drug-likeness (QED) is 0.354. The third-order valence-electron chi connectivity index (χ3n) is 4.11. The predicted octanol–water partition coefficient (Wildman–Crippen LogP) is 0.904. The SMILES string of the molecule is CCNC(=NCc1nnc2ccccn12)NCCS(=O)(=O)NCc1ccccc1.